The molecule has 2 atom stereocenters. The van der Waals surface area contributed by atoms with Gasteiger partial charge in [-0.25, -0.2) is 4.98 Å². The summed E-state index contributed by atoms with van der Waals surface area (Å²) in [6.45, 7) is 0.753. The molecule has 1 saturated heterocycles. The summed E-state index contributed by atoms with van der Waals surface area (Å²) in [4.78, 5) is 44.0. The zero-order valence-corrected chi connectivity index (χ0v) is 21.3. The van der Waals surface area contributed by atoms with Crippen molar-refractivity contribution in [1.82, 2.24) is 10.3 Å². The summed E-state index contributed by atoms with van der Waals surface area (Å²) in [6.07, 6.45) is 3.60. The third kappa shape index (κ3) is 5.32. The molecule has 10 heteroatoms. The second-order valence-electron chi connectivity index (χ2n) is 8.58. The lowest BCUT2D eigenvalue weighted by atomic mass is 9.81. The SMILES string of the molecule is O=C(CSc1nc2ccc(N3C(=O)[C@H]4CCCC[C@@H]4C3=O)cc2s1)NCCOc1ccc(Cl)cc1. The Kier molecular flexibility index (Phi) is 7.27. The van der Waals surface area contributed by atoms with Crippen molar-refractivity contribution in [2.24, 2.45) is 11.8 Å². The van der Waals surface area contributed by atoms with Crippen molar-refractivity contribution in [2.45, 2.75) is 30.0 Å². The van der Waals surface area contributed by atoms with Gasteiger partial charge in [-0.1, -0.05) is 36.2 Å². The van der Waals surface area contributed by atoms with Gasteiger partial charge in [-0.15, -0.1) is 11.3 Å². The summed E-state index contributed by atoms with van der Waals surface area (Å²) in [7, 11) is 0. The molecule has 0 spiro atoms. The number of benzene rings is 2. The highest BCUT2D eigenvalue weighted by molar-refractivity contribution is 8.01. The number of fused-ring (bicyclic) bond motifs is 2. The van der Waals surface area contributed by atoms with Crippen molar-refractivity contribution in [3.8, 4) is 5.75 Å². The van der Waals surface area contributed by atoms with E-state index in [1.54, 1.807) is 30.3 Å². The van der Waals surface area contributed by atoms with Crippen molar-refractivity contribution in [2.75, 3.05) is 23.8 Å². The number of carbonyl (C=O) groups is 3. The molecule has 5 rings (SSSR count). The highest BCUT2D eigenvalue weighted by atomic mass is 35.5. The van der Waals surface area contributed by atoms with Gasteiger partial charge in [-0.2, -0.15) is 0 Å². The molecular formula is C25H24ClN3O4S2. The quantitative estimate of drug-likeness (QED) is 0.253. The second-order valence-corrected chi connectivity index (χ2v) is 11.3. The molecule has 1 aromatic heterocycles. The Bertz CT molecular complexity index is 1240. The molecule has 2 aliphatic rings. The Morgan fingerprint density at radius 2 is 1.83 bits per heavy atom. The summed E-state index contributed by atoms with van der Waals surface area (Å²) in [6, 6.07) is 12.5. The zero-order chi connectivity index (χ0) is 24.4. The van der Waals surface area contributed by atoms with Crippen LogP contribution in [0.5, 0.6) is 5.75 Å². The first-order chi connectivity index (χ1) is 17.0. The fourth-order valence-electron chi connectivity index (χ4n) is 4.58. The lowest BCUT2D eigenvalue weighted by Gasteiger charge is -2.19. The van der Waals surface area contributed by atoms with E-state index in [0.717, 1.165) is 40.2 Å². The van der Waals surface area contributed by atoms with E-state index in [1.807, 2.05) is 12.1 Å². The van der Waals surface area contributed by atoms with Gasteiger partial charge in [0.25, 0.3) is 0 Å². The number of aromatic nitrogens is 1. The van der Waals surface area contributed by atoms with Gasteiger partial charge < -0.3 is 10.1 Å². The minimum Gasteiger partial charge on any atom is -0.492 e. The number of nitrogens with zero attached hydrogens (tertiary/aromatic N) is 2. The van der Waals surface area contributed by atoms with E-state index in [-0.39, 0.29) is 35.3 Å². The predicted octanol–water partition coefficient (Wildman–Crippen LogP) is 4.92. The van der Waals surface area contributed by atoms with Gasteiger partial charge in [-0.3, -0.25) is 19.3 Å². The van der Waals surface area contributed by atoms with Gasteiger partial charge in [0.1, 0.15) is 12.4 Å². The fourth-order valence-corrected chi connectivity index (χ4v) is 6.64. The topological polar surface area (TPSA) is 88.6 Å². The molecule has 2 heterocycles. The average Bonchev–Trinajstić information content (AvgIpc) is 3.39. The van der Waals surface area contributed by atoms with Crippen LogP contribution in [0.25, 0.3) is 10.2 Å². The summed E-state index contributed by atoms with van der Waals surface area (Å²) in [5.41, 5.74) is 1.40. The number of thioether (sulfide) groups is 1. The van der Waals surface area contributed by atoms with E-state index in [1.165, 1.54) is 28.0 Å². The molecule has 2 aromatic carbocycles. The third-order valence-corrected chi connectivity index (χ3v) is 8.70. The molecule has 3 aromatic rings. The van der Waals surface area contributed by atoms with Crippen LogP contribution in [0.4, 0.5) is 5.69 Å². The maximum absolute atomic E-state index is 12.9. The number of nitrogens with one attached hydrogen (secondary N) is 1. The van der Waals surface area contributed by atoms with Crippen LogP contribution in [0.1, 0.15) is 25.7 Å². The molecule has 2 fully saturated rings. The largest absolute Gasteiger partial charge is 0.492 e. The van der Waals surface area contributed by atoms with E-state index in [4.69, 9.17) is 16.3 Å². The number of thiazole rings is 1. The van der Waals surface area contributed by atoms with Crippen LogP contribution >= 0.6 is 34.7 Å². The average molecular weight is 530 g/mol. The molecule has 0 unspecified atom stereocenters. The number of imide groups is 1. The summed E-state index contributed by atoms with van der Waals surface area (Å²) < 4.78 is 7.22. The third-order valence-electron chi connectivity index (χ3n) is 6.29. The van der Waals surface area contributed by atoms with Crippen molar-refractivity contribution < 1.29 is 19.1 Å². The van der Waals surface area contributed by atoms with Gasteiger partial charge >= 0.3 is 0 Å². The number of amides is 3. The van der Waals surface area contributed by atoms with Crippen molar-refractivity contribution >= 4 is 68.3 Å². The van der Waals surface area contributed by atoms with E-state index in [0.29, 0.717) is 29.6 Å². The van der Waals surface area contributed by atoms with Crippen LogP contribution in [0.15, 0.2) is 46.8 Å². The Balaban J connectivity index is 1.14. The zero-order valence-electron chi connectivity index (χ0n) is 18.9. The van der Waals surface area contributed by atoms with E-state index in [2.05, 4.69) is 10.3 Å². The standard InChI is InChI=1S/C25H24ClN3O4S2/c26-15-5-8-17(9-6-15)33-12-11-27-22(30)14-34-25-28-20-10-7-16(13-21(20)35-25)29-23(31)18-3-1-2-4-19(18)24(29)32/h5-10,13,18-19H,1-4,11-12,14H2,(H,27,30)/t18-,19-/m0/s1. The van der Waals surface area contributed by atoms with Crippen molar-refractivity contribution in [3.05, 3.63) is 47.5 Å². The summed E-state index contributed by atoms with van der Waals surface area (Å²) in [5.74, 6) is 0.336. The predicted molar refractivity (Wildman–Crippen MR) is 138 cm³/mol. The number of hydrogen-bond donors (Lipinski definition) is 1. The number of carbonyl (C=O) groups excluding carboxylic acids is 3. The Hall–Kier alpha value is -2.62. The van der Waals surface area contributed by atoms with Crippen LogP contribution in [0, 0.1) is 11.8 Å². The molecule has 1 aliphatic heterocycles. The number of ether oxygens (including phenoxy) is 1. The number of hydrogen-bond acceptors (Lipinski definition) is 7. The first kappa shape index (κ1) is 24.1. The highest BCUT2D eigenvalue weighted by Gasteiger charge is 2.48. The van der Waals surface area contributed by atoms with Crippen LogP contribution in [-0.2, 0) is 14.4 Å². The van der Waals surface area contributed by atoms with Gasteiger partial charge in [0.05, 0.1) is 40.0 Å². The number of rotatable bonds is 8. The first-order valence-corrected chi connectivity index (χ1v) is 13.7. The van der Waals surface area contributed by atoms with Crippen LogP contribution in [0.2, 0.25) is 5.02 Å². The van der Waals surface area contributed by atoms with Gasteiger partial charge in [-0.05, 0) is 55.3 Å². The molecule has 1 N–H and O–H groups in total. The van der Waals surface area contributed by atoms with Crippen molar-refractivity contribution in [1.29, 1.82) is 0 Å². The molecule has 7 nitrogen and oxygen atoms in total. The fraction of sp³-hybridized carbons (Fsp3) is 0.360. The Morgan fingerprint density at radius 3 is 2.54 bits per heavy atom. The van der Waals surface area contributed by atoms with Crippen LogP contribution in [0.3, 0.4) is 0 Å². The minimum absolute atomic E-state index is 0.0742. The number of halogens is 1. The molecule has 3 amide bonds. The molecule has 1 saturated carbocycles. The molecule has 182 valence electrons. The first-order valence-electron chi connectivity index (χ1n) is 11.6. The van der Waals surface area contributed by atoms with Gasteiger partial charge in [0.2, 0.25) is 17.7 Å². The molecule has 1 aliphatic carbocycles. The maximum atomic E-state index is 12.9. The Morgan fingerprint density at radius 1 is 1.11 bits per heavy atom. The van der Waals surface area contributed by atoms with E-state index in [9.17, 15) is 14.4 Å². The minimum atomic E-state index is -0.172. The molecular weight excluding hydrogens is 506 g/mol. The normalized spacial score (nSPS) is 19.7. The Labute approximate surface area is 216 Å². The maximum Gasteiger partial charge on any atom is 0.237 e. The van der Waals surface area contributed by atoms with E-state index >= 15 is 0 Å². The van der Waals surface area contributed by atoms with Gasteiger partial charge in [0, 0.05) is 5.02 Å². The molecule has 0 radical (unpaired) electrons. The van der Waals surface area contributed by atoms with Crippen LogP contribution < -0.4 is 15.0 Å². The monoisotopic (exact) mass is 529 g/mol. The van der Waals surface area contributed by atoms with Gasteiger partial charge in [0.15, 0.2) is 4.34 Å². The lowest BCUT2D eigenvalue weighted by molar-refractivity contribution is -0.122. The second kappa shape index (κ2) is 10.6. The smallest absolute Gasteiger partial charge is 0.237 e. The van der Waals surface area contributed by atoms with Crippen molar-refractivity contribution in [3.63, 3.8) is 0 Å². The highest BCUT2D eigenvalue weighted by Crippen LogP contribution is 2.41. The molecule has 35 heavy (non-hydrogen) atoms. The number of anilines is 1. The summed E-state index contributed by atoms with van der Waals surface area (Å²) in [5, 5.41) is 3.48. The summed E-state index contributed by atoms with van der Waals surface area (Å²) >= 11 is 8.66. The lowest BCUT2D eigenvalue weighted by Crippen LogP contribution is -2.30. The van der Waals surface area contributed by atoms with Crippen LogP contribution in [-0.4, -0.2) is 41.6 Å². The molecule has 0 bridgehead atoms. The van der Waals surface area contributed by atoms with E-state index < -0.39 is 0 Å².